The second-order valence-electron chi connectivity index (χ2n) is 5.10. The van der Waals surface area contributed by atoms with Crippen molar-refractivity contribution in [2.24, 2.45) is 0 Å². The van der Waals surface area contributed by atoms with Crippen molar-refractivity contribution >= 4 is 24.0 Å². The van der Waals surface area contributed by atoms with Gasteiger partial charge in [0.25, 0.3) is 11.6 Å². The van der Waals surface area contributed by atoms with Crippen LogP contribution in [0.4, 0.5) is 10.1 Å². The van der Waals surface area contributed by atoms with Crippen molar-refractivity contribution in [2.75, 3.05) is 13.1 Å². The maximum atomic E-state index is 13.8. The molecule has 2 atom stereocenters. The number of rotatable bonds is 2. The maximum absolute atomic E-state index is 13.8. The number of nitrogens with zero attached hydrogens (tertiary/aromatic N) is 2. The van der Waals surface area contributed by atoms with Crippen molar-refractivity contribution < 1.29 is 14.1 Å². The SMILES string of the molecule is CC1CN(C(=O)c2ccc([N+](=O)[O-])cc2F)CC(C)N1.Cl. The monoisotopic (exact) mass is 317 g/mol. The summed E-state index contributed by atoms with van der Waals surface area (Å²) in [6.45, 7) is 4.86. The number of halogens is 2. The standard InChI is InChI=1S/C13H16FN3O3.ClH/c1-8-6-16(7-9(2)15-8)13(18)11-4-3-10(17(19)20)5-12(11)14;/h3-5,8-9,15H,6-7H2,1-2H3;1H. The van der Waals surface area contributed by atoms with Gasteiger partial charge < -0.3 is 10.2 Å². The van der Waals surface area contributed by atoms with Gasteiger partial charge in [0.05, 0.1) is 16.6 Å². The highest BCUT2D eigenvalue weighted by Gasteiger charge is 2.27. The van der Waals surface area contributed by atoms with E-state index in [0.717, 1.165) is 12.1 Å². The van der Waals surface area contributed by atoms with Crippen LogP contribution in [0.15, 0.2) is 18.2 Å². The maximum Gasteiger partial charge on any atom is 0.272 e. The Bertz CT molecular complexity index is 545. The molecule has 0 saturated carbocycles. The van der Waals surface area contributed by atoms with Gasteiger partial charge in [-0.25, -0.2) is 4.39 Å². The molecule has 1 aromatic carbocycles. The summed E-state index contributed by atoms with van der Waals surface area (Å²) >= 11 is 0. The summed E-state index contributed by atoms with van der Waals surface area (Å²) in [5, 5.41) is 13.8. The number of amides is 1. The van der Waals surface area contributed by atoms with Gasteiger partial charge in [0, 0.05) is 31.2 Å². The quantitative estimate of drug-likeness (QED) is 0.668. The smallest absolute Gasteiger partial charge is 0.272 e. The third-order valence-electron chi connectivity index (χ3n) is 3.24. The fourth-order valence-electron chi connectivity index (χ4n) is 2.45. The first-order valence-corrected chi connectivity index (χ1v) is 6.37. The van der Waals surface area contributed by atoms with Crippen LogP contribution in [0.25, 0.3) is 0 Å². The van der Waals surface area contributed by atoms with Crippen LogP contribution in [0.5, 0.6) is 0 Å². The van der Waals surface area contributed by atoms with E-state index in [1.54, 1.807) is 4.90 Å². The first-order chi connectivity index (χ1) is 9.38. The summed E-state index contributed by atoms with van der Waals surface area (Å²) in [4.78, 5) is 23.7. The lowest BCUT2D eigenvalue weighted by Gasteiger charge is -2.36. The summed E-state index contributed by atoms with van der Waals surface area (Å²) in [7, 11) is 0. The molecule has 21 heavy (non-hydrogen) atoms. The Balaban J connectivity index is 0.00000220. The van der Waals surface area contributed by atoms with Gasteiger partial charge in [-0.15, -0.1) is 12.4 Å². The Morgan fingerprint density at radius 3 is 2.43 bits per heavy atom. The number of hydrogen-bond acceptors (Lipinski definition) is 4. The van der Waals surface area contributed by atoms with Crippen LogP contribution in [0, 0.1) is 15.9 Å². The molecule has 1 saturated heterocycles. The Morgan fingerprint density at radius 2 is 1.95 bits per heavy atom. The van der Waals surface area contributed by atoms with Crippen LogP contribution >= 0.6 is 12.4 Å². The number of non-ortho nitro benzene ring substituents is 1. The lowest BCUT2D eigenvalue weighted by Crippen LogP contribution is -2.55. The van der Waals surface area contributed by atoms with E-state index in [-0.39, 0.29) is 35.7 Å². The molecule has 1 fully saturated rings. The Hall–Kier alpha value is -1.73. The molecule has 0 aromatic heterocycles. The third kappa shape index (κ3) is 3.89. The molecule has 8 heteroatoms. The molecular weight excluding hydrogens is 301 g/mol. The molecule has 0 spiro atoms. The molecule has 1 heterocycles. The zero-order valence-corrected chi connectivity index (χ0v) is 12.5. The minimum absolute atomic E-state index is 0. The van der Waals surface area contributed by atoms with Gasteiger partial charge in [0.1, 0.15) is 5.82 Å². The molecule has 2 unspecified atom stereocenters. The van der Waals surface area contributed by atoms with Crippen molar-refractivity contribution in [3.8, 4) is 0 Å². The summed E-state index contributed by atoms with van der Waals surface area (Å²) < 4.78 is 13.8. The second kappa shape index (κ2) is 6.82. The van der Waals surface area contributed by atoms with Crippen LogP contribution in [-0.2, 0) is 0 Å². The van der Waals surface area contributed by atoms with Crippen LogP contribution in [0.3, 0.4) is 0 Å². The predicted octanol–water partition coefficient (Wildman–Crippen LogP) is 1.98. The summed E-state index contributed by atoms with van der Waals surface area (Å²) in [6, 6.07) is 3.36. The molecule has 1 N–H and O–H groups in total. The second-order valence-corrected chi connectivity index (χ2v) is 5.10. The molecule has 116 valence electrons. The fourth-order valence-corrected chi connectivity index (χ4v) is 2.45. The van der Waals surface area contributed by atoms with Crippen LogP contribution < -0.4 is 5.32 Å². The topological polar surface area (TPSA) is 75.5 Å². The molecule has 0 bridgehead atoms. The molecule has 0 radical (unpaired) electrons. The average molecular weight is 318 g/mol. The largest absolute Gasteiger partial charge is 0.335 e. The van der Waals surface area contributed by atoms with E-state index in [4.69, 9.17) is 0 Å². The van der Waals surface area contributed by atoms with Gasteiger partial charge in [-0.2, -0.15) is 0 Å². The minimum Gasteiger partial charge on any atom is -0.335 e. The number of carbonyl (C=O) groups excluding carboxylic acids is 1. The fraction of sp³-hybridized carbons (Fsp3) is 0.462. The zero-order valence-electron chi connectivity index (χ0n) is 11.7. The first kappa shape index (κ1) is 17.3. The highest BCUT2D eigenvalue weighted by atomic mass is 35.5. The van der Waals surface area contributed by atoms with Gasteiger partial charge in [0.2, 0.25) is 0 Å². The van der Waals surface area contributed by atoms with Gasteiger partial charge in [-0.05, 0) is 19.9 Å². The van der Waals surface area contributed by atoms with E-state index in [0.29, 0.717) is 13.1 Å². The molecule has 1 aromatic rings. The Morgan fingerprint density at radius 1 is 1.38 bits per heavy atom. The molecule has 1 aliphatic rings. The number of hydrogen-bond donors (Lipinski definition) is 1. The van der Waals surface area contributed by atoms with Crippen molar-refractivity contribution in [3.63, 3.8) is 0 Å². The normalized spacial score (nSPS) is 21.6. The minimum atomic E-state index is -0.858. The Labute approximate surface area is 127 Å². The zero-order chi connectivity index (χ0) is 14.9. The van der Waals surface area contributed by atoms with Crippen molar-refractivity contribution in [2.45, 2.75) is 25.9 Å². The molecule has 6 nitrogen and oxygen atoms in total. The van der Waals surface area contributed by atoms with E-state index in [9.17, 15) is 19.3 Å². The van der Waals surface area contributed by atoms with Crippen molar-refractivity contribution in [1.82, 2.24) is 10.2 Å². The van der Waals surface area contributed by atoms with E-state index in [1.807, 2.05) is 13.8 Å². The highest BCUT2D eigenvalue weighted by Crippen LogP contribution is 2.19. The van der Waals surface area contributed by atoms with Crippen LogP contribution in [0.1, 0.15) is 24.2 Å². The van der Waals surface area contributed by atoms with Gasteiger partial charge >= 0.3 is 0 Å². The lowest BCUT2D eigenvalue weighted by molar-refractivity contribution is -0.385. The van der Waals surface area contributed by atoms with E-state index < -0.39 is 16.6 Å². The lowest BCUT2D eigenvalue weighted by atomic mass is 10.1. The van der Waals surface area contributed by atoms with Crippen LogP contribution in [-0.4, -0.2) is 40.9 Å². The number of nitrogens with one attached hydrogen (secondary N) is 1. The Kier molecular flexibility index (Phi) is 5.62. The van der Waals surface area contributed by atoms with E-state index >= 15 is 0 Å². The number of carbonyl (C=O) groups is 1. The average Bonchev–Trinajstić information content (AvgIpc) is 2.36. The molecule has 2 rings (SSSR count). The first-order valence-electron chi connectivity index (χ1n) is 6.37. The molecular formula is C13H17ClFN3O3. The van der Waals surface area contributed by atoms with E-state index in [1.165, 1.54) is 6.07 Å². The molecule has 0 aliphatic carbocycles. The van der Waals surface area contributed by atoms with Crippen LogP contribution in [0.2, 0.25) is 0 Å². The number of benzene rings is 1. The van der Waals surface area contributed by atoms with Crippen molar-refractivity contribution in [3.05, 3.63) is 39.7 Å². The summed E-state index contributed by atoms with van der Waals surface area (Å²) in [5.41, 5.74) is -0.488. The summed E-state index contributed by atoms with van der Waals surface area (Å²) in [5.74, 6) is -1.29. The third-order valence-corrected chi connectivity index (χ3v) is 3.24. The number of piperazine rings is 1. The number of nitro groups is 1. The predicted molar refractivity (Wildman–Crippen MR) is 78.3 cm³/mol. The van der Waals surface area contributed by atoms with E-state index in [2.05, 4.69) is 5.32 Å². The number of nitro benzene ring substituents is 1. The van der Waals surface area contributed by atoms with Gasteiger partial charge in [-0.1, -0.05) is 0 Å². The van der Waals surface area contributed by atoms with Gasteiger partial charge in [0.15, 0.2) is 0 Å². The summed E-state index contributed by atoms with van der Waals surface area (Å²) in [6.07, 6.45) is 0. The highest BCUT2D eigenvalue weighted by molar-refractivity contribution is 5.94. The van der Waals surface area contributed by atoms with Crippen molar-refractivity contribution in [1.29, 1.82) is 0 Å². The molecule has 1 amide bonds. The van der Waals surface area contributed by atoms with Gasteiger partial charge in [-0.3, -0.25) is 14.9 Å². The molecule has 1 aliphatic heterocycles.